The van der Waals surface area contributed by atoms with Gasteiger partial charge in [-0.3, -0.25) is 10.1 Å². The van der Waals surface area contributed by atoms with E-state index in [2.05, 4.69) is 5.32 Å². The van der Waals surface area contributed by atoms with Gasteiger partial charge in [-0.25, -0.2) is 8.78 Å². The number of nitro benzene ring substituents is 1. The molecular weight excluding hydrogens is 282 g/mol. The first-order valence-electron chi connectivity index (χ1n) is 6.08. The number of rotatable bonds is 5. The minimum Gasteiger partial charge on any atom is -0.394 e. The van der Waals surface area contributed by atoms with Crippen molar-refractivity contribution in [2.24, 2.45) is 0 Å². The highest BCUT2D eigenvalue weighted by molar-refractivity contribution is 5.53. The highest BCUT2D eigenvalue weighted by atomic mass is 19.1. The van der Waals surface area contributed by atoms with Crippen molar-refractivity contribution in [1.82, 2.24) is 0 Å². The van der Waals surface area contributed by atoms with Crippen molar-refractivity contribution in [1.29, 1.82) is 0 Å². The summed E-state index contributed by atoms with van der Waals surface area (Å²) in [5, 5.41) is 22.4. The maximum atomic E-state index is 13.8. The number of halogens is 2. The van der Waals surface area contributed by atoms with Gasteiger partial charge in [0.1, 0.15) is 5.69 Å². The summed E-state index contributed by atoms with van der Waals surface area (Å²) in [6.07, 6.45) is 0. The van der Waals surface area contributed by atoms with Gasteiger partial charge in [0, 0.05) is 0 Å². The van der Waals surface area contributed by atoms with Gasteiger partial charge >= 0.3 is 0 Å². The largest absolute Gasteiger partial charge is 0.394 e. The van der Waals surface area contributed by atoms with Crippen LogP contribution in [0.2, 0.25) is 0 Å². The average molecular weight is 294 g/mol. The molecule has 1 atom stereocenters. The number of nitrogens with one attached hydrogen (secondary N) is 1. The number of non-ortho nitro benzene ring substituents is 1. The number of nitro groups is 1. The third-order valence-corrected chi connectivity index (χ3v) is 2.94. The van der Waals surface area contributed by atoms with Crippen LogP contribution >= 0.6 is 0 Å². The molecule has 2 N–H and O–H groups in total. The van der Waals surface area contributed by atoms with E-state index in [1.807, 2.05) is 0 Å². The molecule has 0 saturated heterocycles. The third kappa shape index (κ3) is 3.32. The monoisotopic (exact) mass is 294 g/mol. The lowest BCUT2D eigenvalue weighted by Gasteiger charge is -2.18. The molecular formula is C14H12F2N2O3. The average Bonchev–Trinajstić information content (AvgIpc) is 2.47. The Morgan fingerprint density at radius 1 is 1.19 bits per heavy atom. The summed E-state index contributed by atoms with van der Waals surface area (Å²) in [4.78, 5) is 9.65. The summed E-state index contributed by atoms with van der Waals surface area (Å²) in [5.74, 6) is -2.17. The number of aliphatic hydroxyl groups excluding tert-OH is 1. The van der Waals surface area contributed by atoms with Crippen molar-refractivity contribution in [3.63, 3.8) is 0 Å². The lowest BCUT2D eigenvalue weighted by atomic mass is 10.1. The molecule has 5 nitrogen and oxygen atoms in total. The maximum absolute atomic E-state index is 13.8. The third-order valence-electron chi connectivity index (χ3n) is 2.94. The maximum Gasteiger partial charge on any atom is 0.275 e. The van der Waals surface area contributed by atoms with Gasteiger partial charge in [-0.05, 0) is 5.56 Å². The predicted molar refractivity (Wildman–Crippen MR) is 72.9 cm³/mol. The SMILES string of the molecule is O=[N+]([O-])c1cc(F)c(NC(CO)c2ccccc2)c(F)c1. The molecule has 2 aromatic carbocycles. The summed E-state index contributed by atoms with van der Waals surface area (Å²) in [6, 6.07) is 9.13. The highest BCUT2D eigenvalue weighted by Crippen LogP contribution is 2.28. The van der Waals surface area contributed by atoms with Crippen molar-refractivity contribution >= 4 is 11.4 Å². The smallest absolute Gasteiger partial charge is 0.275 e. The quantitative estimate of drug-likeness (QED) is 0.656. The summed E-state index contributed by atoms with van der Waals surface area (Å²) in [6.45, 7) is -0.389. The van der Waals surface area contributed by atoms with E-state index in [0.29, 0.717) is 17.7 Å². The molecule has 0 saturated carbocycles. The lowest BCUT2D eigenvalue weighted by molar-refractivity contribution is -0.385. The second-order valence-corrected chi connectivity index (χ2v) is 4.33. The van der Waals surface area contributed by atoms with Crippen molar-refractivity contribution in [3.8, 4) is 0 Å². The topological polar surface area (TPSA) is 75.4 Å². The fraction of sp³-hybridized carbons (Fsp3) is 0.143. The second kappa shape index (κ2) is 6.27. The minimum atomic E-state index is -1.09. The minimum absolute atomic E-state index is 0.389. The molecule has 110 valence electrons. The molecule has 0 radical (unpaired) electrons. The van der Waals surface area contributed by atoms with Crippen molar-refractivity contribution in [2.75, 3.05) is 11.9 Å². The van der Waals surface area contributed by atoms with Gasteiger partial charge in [-0.15, -0.1) is 0 Å². The van der Waals surface area contributed by atoms with E-state index in [1.54, 1.807) is 30.3 Å². The molecule has 0 aromatic heterocycles. The second-order valence-electron chi connectivity index (χ2n) is 4.33. The van der Waals surface area contributed by atoms with Crippen LogP contribution in [-0.2, 0) is 0 Å². The van der Waals surface area contributed by atoms with Gasteiger partial charge in [0.05, 0.1) is 29.7 Å². The highest BCUT2D eigenvalue weighted by Gasteiger charge is 2.20. The Bertz CT molecular complexity index is 627. The van der Waals surface area contributed by atoms with E-state index in [1.165, 1.54) is 0 Å². The Hall–Kier alpha value is -2.54. The molecule has 0 heterocycles. The van der Waals surface area contributed by atoms with Gasteiger partial charge in [0.25, 0.3) is 5.69 Å². The molecule has 0 aliphatic rings. The fourth-order valence-corrected chi connectivity index (χ4v) is 1.90. The van der Waals surface area contributed by atoms with Crippen LogP contribution < -0.4 is 5.32 Å². The Morgan fingerprint density at radius 3 is 2.24 bits per heavy atom. The molecule has 1 unspecified atom stereocenters. The van der Waals surface area contributed by atoms with Crippen LogP contribution in [0.1, 0.15) is 11.6 Å². The van der Waals surface area contributed by atoms with Crippen LogP contribution in [0.25, 0.3) is 0 Å². The van der Waals surface area contributed by atoms with Crippen LogP contribution in [0.3, 0.4) is 0 Å². The molecule has 2 rings (SSSR count). The van der Waals surface area contributed by atoms with E-state index in [-0.39, 0.29) is 6.61 Å². The number of hydrogen-bond acceptors (Lipinski definition) is 4. The standard InChI is InChI=1S/C14H12F2N2O3/c15-11-6-10(18(20)21)7-12(16)14(11)17-13(8-19)9-4-2-1-3-5-9/h1-7,13,17,19H,8H2. The van der Waals surface area contributed by atoms with Crippen molar-refractivity contribution in [2.45, 2.75) is 6.04 Å². The Kier molecular flexibility index (Phi) is 4.44. The molecule has 2 aromatic rings. The van der Waals surface area contributed by atoms with Crippen molar-refractivity contribution < 1.29 is 18.8 Å². The molecule has 0 spiro atoms. The normalized spacial score (nSPS) is 12.0. The molecule has 0 aliphatic carbocycles. The first kappa shape index (κ1) is 14.9. The van der Waals surface area contributed by atoms with Gasteiger partial charge in [-0.2, -0.15) is 0 Å². The summed E-state index contributed by atoms with van der Waals surface area (Å²) >= 11 is 0. The molecule has 0 amide bonds. The summed E-state index contributed by atoms with van der Waals surface area (Å²) in [5.41, 5.74) is -0.545. The Labute approximate surface area is 119 Å². The Balaban J connectivity index is 2.32. The van der Waals surface area contributed by atoms with E-state index in [9.17, 15) is 24.0 Å². The number of aliphatic hydroxyl groups is 1. The fourth-order valence-electron chi connectivity index (χ4n) is 1.90. The molecule has 0 aliphatic heterocycles. The van der Waals surface area contributed by atoms with Crippen LogP contribution in [0, 0.1) is 21.7 Å². The van der Waals surface area contributed by atoms with Crippen LogP contribution in [0.4, 0.5) is 20.2 Å². The Morgan fingerprint density at radius 2 is 1.76 bits per heavy atom. The first-order chi connectivity index (χ1) is 10.0. The first-order valence-corrected chi connectivity index (χ1v) is 6.08. The number of nitrogens with zero attached hydrogens (tertiary/aromatic N) is 1. The zero-order chi connectivity index (χ0) is 15.4. The molecule has 21 heavy (non-hydrogen) atoms. The number of hydrogen-bond donors (Lipinski definition) is 2. The van der Waals surface area contributed by atoms with E-state index in [0.717, 1.165) is 0 Å². The molecule has 0 bridgehead atoms. The van der Waals surface area contributed by atoms with Crippen molar-refractivity contribution in [3.05, 3.63) is 69.8 Å². The van der Waals surface area contributed by atoms with E-state index < -0.39 is 34.0 Å². The number of benzene rings is 2. The predicted octanol–water partition coefficient (Wildman–Crippen LogP) is 3.02. The molecule has 7 heteroatoms. The van der Waals surface area contributed by atoms with Gasteiger partial charge in [-0.1, -0.05) is 30.3 Å². The van der Waals surface area contributed by atoms with Crippen LogP contribution in [-0.4, -0.2) is 16.6 Å². The lowest BCUT2D eigenvalue weighted by Crippen LogP contribution is -2.16. The van der Waals surface area contributed by atoms with Gasteiger partial charge in [0.2, 0.25) is 0 Å². The van der Waals surface area contributed by atoms with Crippen LogP contribution in [0.5, 0.6) is 0 Å². The summed E-state index contributed by atoms with van der Waals surface area (Å²) < 4.78 is 27.6. The number of anilines is 1. The zero-order valence-electron chi connectivity index (χ0n) is 10.8. The summed E-state index contributed by atoms with van der Waals surface area (Å²) in [7, 11) is 0. The van der Waals surface area contributed by atoms with Crippen LogP contribution in [0.15, 0.2) is 42.5 Å². The van der Waals surface area contributed by atoms with E-state index >= 15 is 0 Å². The van der Waals surface area contributed by atoms with Gasteiger partial charge < -0.3 is 10.4 Å². The zero-order valence-corrected chi connectivity index (χ0v) is 10.8. The van der Waals surface area contributed by atoms with E-state index in [4.69, 9.17) is 0 Å². The van der Waals surface area contributed by atoms with Gasteiger partial charge in [0.15, 0.2) is 11.6 Å². The molecule has 0 fully saturated rings.